The van der Waals surface area contributed by atoms with E-state index in [-0.39, 0.29) is 11.3 Å². The number of rotatable bonds is 5. The number of amides is 1. The van der Waals surface area contributed by atoms with Gasteiger partial charge in [-0.15, -0.1) is 0 Å². The Kier molecular flexibility index (Phi) is 5.65. The number of nitrogens with zero attached hydrogens (tertiary/aromatic N) is 2. The number of carbonyl (C=O) groups excluding carboxylic acids is 2. The minimum absolute atomic E-state index is 0.0680. The number of hydrogen-bond acceptors (Lipinski definition) is 4. The number of hydrogen-bond donors (Lipinski definition) is 1. The fourth-order valence-electron chi connectivity index (χ4n) is 4.80. The fraction of sp³-hybridized carbons (Fsp3) is 0.172. The van der Waals surface area contributed by atoms with Gasteiger partial charge in [-0.3, -0.25) is 14.5 Å². The Hall–Kier alpha value is -4.32. The number of ketones is 1. The number of aromatic nitrogens is 1. The van der Waals surface area contributed by atoms with Crippen LogP contribution in [-0.4, -0.2) is 28.5 Å². The number of aliphatic hydroxyl groups excluding tert-OH is 1. The fourth-order valence-corrected chi connectivity index (χ4v) is 4.80. The van der Waals surface area contributed by atoms with Gasteiger partial charge in [0.1, 0.15) is 11.5 Å². The minimum atomic E-state index is -0.806. The molecule has 1 aliphatic heterocycles. The lowest BCUT2D eigenvalue weighted by Crippen LogP contribution is -2.29. The molecule has 1 N–H and O–H groups in total. The highest BCUT2D eigenvalue weighted by Gasteiger charge is 2.48. The van der Waals surface area contributed by atoms with E-state index in [1.54, 1.807) is 43.5 Å². The van der Waals surface area contributed by atoms with Gasteiger partial charge in [-0.1, -0.05) is 55.5 Å². The van der Waals surface area contributed by atoms with E-state index >= 15 is 0 Å². The first-order valence-electron chi connectivity index (χ1n) is 11.5. The van der Waals surface area contributed by atoms with Crippen LogP contribution in [0.3, 0.4) is 0 Å². The summed E-state index contributed by atoms with van der Waals surface area (Å²) in [6.45, 7) is 2.05. The van der Waals surface area contributed by atoms with E-state index in [4.69, 9.17) is 4.74 Å². The first-order valence-corrected chi connectivity index (χ1v) is 11.5. The number of aliphatic hydroxyl groups is 1. The van der Waals surface area contributed by atoms with Crippen molar-refractivity contribution in [1.82, 2.24) is 4.57 Å². The highest BCUT2D eigenvalue weighted by molar-refractivity contribution is 6.52. The normalized spacial score (nSPS) is 17.3. The smallest absolute Gasteiger partial charge is 0.300 e. The predicted octanol–water partition coefficient (Wildman–Crippen LogP) is 5.38. The first kappa shape index (κ1) is 22.5. The van der Waals surface area contributed by atoms with E-state index in [0.29, 0.717) is 17.0 Å². The summed E-state index contributed by atoms with van der Waals surface area (Å²) in [6.07, 6.45) is 2.78. The van der Waals surface area contributed by atoms with Crippen molar-refractivity contribution in [2.45, 2.75) is 19.4 Å². The van der Waals surface area contributed by atoms with Crippen LogP contribution in [0, 0.1) is 0 Å². The summed E-state index contributed by atoms with van der Waals surface area (Å²) in [5.74, 6) is -1.03. The largest absolute Gasteiger partial charge is 0.507 e. The van der Waals surface area contributed by atoms with Gasteiger partial charge in [-0.25, -0.2) is 0 Å². The molecular weight excluding hydrogens is 440 g/mol. The summed E-state index contributed by atoms with van der Waals surface area (Å²) in [5, 5.41) is 12.3. The monoisotopic (exact) mass is 466 g/mol. The molecule has 1 aliphatic rings. The van der Waals surface area contributed by atoms with Gasteiger partial charge < -0.3 is 14.4 Å². The topological polar surface area (TPSA) is 71.8 Å². The molecule has 35 heavy (non-hydrogen) atoms. The van der Waals surface area contributed by atoms with Crippen molar-refractivity contribution in [3.8, 4) is 5.75 Å². The van der Waals surface area contributed by atoms with Gasteiger partial charge in [-0.2, -0.15) is 0 Å². The minimum Gasteiger partial charge on any atom is -0.507 e. The SMILES string of the molecule is CCc1ccc(/C(O)=C2\C(=O)C(=O)N(c3cccc(OC)c3)C2c2cn(C)c3ccccc23)cc1. The summed E-state index contributed by atoms with van der Waals surface area (Å²) in [6, 6.07) is 21.5. The molecule has 1 aromatic heterocycles. The van der Waals surface area contributed by atoms with Crippen LogP contribution in [0.2, 0.25) is 0 Å². The highest BCUT2D eigenvalue weighted by atomic mass is 16.5. The maximum absolute atomic E-state index is 13.5. The second kappa shape index (κ2) is 8.80. The molecule has 176 valence electrons. The number of ether oxygens (including phenoxy) is 1. The molecule has 4 aromatic rings. The number of carbonyl (C=O) groups is 2. The lowest BCUT2D eigenvalue weighted by molar-refractivity contribution is -0.132. The van der Waals surface area contributed by atoms with Crippen molar-refractivity contribution in [3.05, 3.63) is 101 Å². The molecule has 1 atom stereocenters. The van der Waals surface area contributed by atoms with Crippen LogP contribution in [0.1, 0.15) is 29.7 Å². The second-order valence-corrected chi connectivity index (χ2v) is 8.63. The molecule has 2 heterocycles. The molecular formula is C29H26N2O4. The molecule has 0 saturated carbocycles. The standard InChI is InChI=1S/C29H26N2O4/c1-4-18-12-14-19(15-13-18)27(32)25-26(23-17-30(2)24-11-6-5-10-22(23)24)31(29(34)28(25)33)20-8-7-9-21(16-20)35-3/h5-17,26,32H,4H2,1-3H3/b27-25+. The Morgan fingerprint density at radius 1 is 1.00 bits per heavy atom. The summed E-state index contributed by atoms with van der Waals surface area (Å²) < 4.78 is 7.33. The van der Waals surface area contributed by atoms with E-state index in [0.717, 1.165) is 28.5 Å². The molecule has 1 saturated heterocycles. The van der Waals surface area contributed by atoms with Gasteiger partial charge >= 0.3 is 0 Å². The third-order valence-corrected chi connectivity index (χ3v) is 6.63. The molecule has 1 amide bonds. The maximum Gasteiger partial charge on any atom is 0.300 e. The van der Waals surface area contributed by atoms with Crippen molar-refractivity contribution < 1.29 is 19.4 Å². The van der Waals surface area contributed by atoms with Gasteiger partial charge in [0.2, 0.25) is 0 Å². The number of para-hydroxylation sites is 1. The van der Waals surface area contributed by atoms with E-state index in [2.05, 4.69) is 6.92 Å². The molecule has 0 aliphatic carbocycles. The van der Waals surface area contributed by atoms with Crippen LogP contribution in [-0.2, 0) is 23.1 Å². The lowest BCUT2D eigenvalue weighted by Gasteiger charge is -2.25. The Morgan fingerprint density at radius 3 is 2.46 bits per heavy atom. The summed E-state index contributed by atoms with van der Waals surface area (Å²) in [4.78, 5) is 28.4. The lowest BCUT2D eigenvalue weighted by atomic mass is 9.94. The van der Waals surface area contributed by atoms with E-state index in [1.807, 2.05) is 54.2 Å². The molecule has 6 nitrogen and oxygen atoms in total. The number of Topliss-reactive ketones (excluding diaryl/α,β-unsaturated/α-hetero) is 1. The van der Waals surface area contributed by atoms with Crippen LogP contribution >= 0.6 is 0 Å². The van der Waals surface area contributed by atoms with Crippen LogP contribution in [0.5, 0.6) is 5.75 Å². The second-order valence-electron chi connectivity index (χ2n) is 8.63. The van der Waals surface area contributed by atoms with Gasteiger partial charge in [0.15, 0.2) is 0 Å². The summed E-state index contributed by atoms with van der Waals surface area (Å²) >= 11 is 0. The molecule has 1 unspecified atom stereocenters. The zero-order valence-electron chi connectivity index (χ0n) is 19.9. The average Bonchev–Trinajstić information content (AvgIpc) is 3.37. The number of methoxy groups -OCH3 is 1. The van der Waals surface area contributed by atoms with Crippen LogP contribution in [0.4, 0.5) is 5.69 Å². The summed E-state index contributed by atoms with van der Waals surface area (Å²) in [5.41, 5.74) is 3.92. The third-order valence-electron chi connectivity index (χ3n) is 6.63. The van der Waals surface area contributed by atoms with Gasteiger partial charge in [0.05, 0.1) is 18.7 Å². The van der Waals surface area contributed by atoms with Crippen LogP contribution in [0.25, 0.3) is 16.7 Å². The number of anilines is 1. The van der Waals surface area contributed by atoms with E-state index in [1.165, 1.54) is 4.90 Å². The Labute approximate surface area is 203 Å². The molecule has 1 fully saturated rings. The van der Waals surface area contributed by atoms with Crippen molar-refractivity contribution in [2.24, 2.45) is 7.05 Å². The first-order chi connectivity index (χ1) is 16.9. The van der Waals surface area contributed by atoms with Crippen molar-refractivity contribution in [1.29, 1.82) is 0 Å². The van der Waals surface area contributed by atoms with E-state index in [9.17, 15) is 14.7 Å². The van der Waals surface area contributed by atoms with Gasteiger partial charge in [0, 0.05) is 47.0 Å². The van der Waals surface area contributed by atoms with Gasteiger partial charge in [0.25, 0.3) is 11.7 Å². The zero-order valence-corrected chi connectivity index (χ0v) is 19.9. The summed E-state index contributed by atoms with van der Waals surface area (Å²) in [7, 11) is 3.47. The molecule has 5 rings (SSSR count). The highest BCUT2D eigenvalue weighted by Crippen LogP contribution is 2.45. The maximum atomic E-state index is 13.5. The number of benzene rings is 3. The van der Waals surface area contributed by atoms with E-state index < -0.39 is 17.7 Å². The Morgan fingerprint density at radius 2 is 1.74 bits per heavy atom. The Balaban J connectivity index is 1.78. The van der Waals surface area contributed by atoms with Crippen molar-refractivity contribution >= 4 is 34.0 Å². The van der Waals surface area contributed by atoms with Crippen LogP contribution in [0.15, 0.2) is 84.6 Å². The van der Waals surface area contributed by atoms with Crippen molar-refractivity contribution in [2.75, 3.05) is 12.0 Å². The molecule has 0 spiro atoms. The number of fused-ring (bicyclic) bond motifs is 1. The molecule has 0 bridgehead atoms. The zero-order chi connectivity index (χ0) is 24.7. The van der Waals surface area contributed by atoms with Gasteiger partial charge in [-0.05, 0) is 30.2 Å². The number of aryl methyl sites for hydroxylation is 2. The molecule has 3 aromatic carbocycles. The average molecular weight is 467 g/mol. The quantitative estimate of drug-likeness (QED) is 0.244. The predicted molar refractivity (Wildman–Crippen MR) is 137 cm³/mol. The van der Waals surface area contributed by atoms with Crippen LogP contribution < -0.4 is 9.64 Å². The molecule has 0 radical (unpaired) electrons. The third kappa shape index (κ3) is 3.67. The molecule has 6 heteroatoms. The van der Waals surface area contributed by atoms with Crippen molar-refractivity contribution in [3.63, 3.8) is 0 Å². The Bertz CT molecular complexity index is 1480.